The number of rotatable bonds is 6. The highest BCUT2D eigenvalue weighted by atomic mass is 79.9. The molecule has 0 saturated heterocycles. The third-order valence-electron chi connectivity index (χ3n) is 1.98. The normalized spacial score (nSPS) is 12.6. The van der Waals surface area contributed by atoms with Crippen molar-refractivity contribution in [2.24, 2.45) is 5.92 Å². The molecule has 0 radical (unpaired) electrons. The van der Waals surface area contributed by atoms with Gasteiger partial charge in [0, 0.05) is 15.9 Å². The first-order chi connectivity index (χ1) is 5.70. The molecule has 1 atom stereocenters. The van der Waals surface area contributed by atoms with Crippen LogP contribution in [0.25, 0.3) is 0 Å². The van der Waals surface area contributed by atoms with Gasteiger partial charge in [0.15, 0.2) is 0 Å². The average molecular weight is 237 g/mol. The predicted molar refractivity (Wildman–Crippen MR) is 53.6 cm³/mol. The minimum atomic E-state index is -0.350. The number of hydrogen-bond acceptors (Lipinski definition) is 2. The van der Waals surface area contributed by atoms with Crippen molar-refractivity contribution in [2.45, 2.75) is 39.5 Å². The number of ether oxygens (including phenoxy) is 1. The summed E-state index contributed by atoms with van der Waals surface area (Å²) in [7, 11) is 0. The summed E-state index contributed by atoms with van der Waals surface area (Å²) >= 11 is 2.74. The zero-order valence-electron chi connectivity index (χ0n) is 7.81. The van der Waals surface area contributed by atoms with E-state index in [-0.39, 0.29) is 4.88 Å². The first-order valence-electron chi connectivity index (χ1n) is 4.52. The Balaban J connectivity index is 3.45. The average Bonchev–Trinajstić information content (AvgIpc) is 2.05. The van der Waals surface area contributed by atoms with Gasteiger partial charge in [-0.25, -0.2) is 4.79 Å². The highest BCUT2D eigenvalue weighted by molar-refractivity contribution is 9.18. The molecular formula is C9H17BrO2. The molecule has 0 aliphatic rings. The van der Waals surface area contributed by atoms with E-state index in [9.17, 15) is 4.79 Å². The molecule has 72 valence electrons. The Kier molecular flexibility index (Phi) is 7.56. The van der Waals surface area contributed by atoms with Gasteiger partial charge in [-0.15, -0.1) is 0 Å². The third-order valence-corrected chi connectivity index (χ3v) is 2.20. The third kappa shape index (κ3) is 6.65. The maximum Gasteiger partial charge on any atom is 0.374 e. The Labute approximate surface area is 82.8 Å². The molecule has 2 nitrogen and oxygen atoms in total. The molecular weight excluding hydrogens is 220 g/mol. The fraction of sp³-hybridized carbons (Fsp3) is 0.889. The molecule has 0 aromatic carbocycles. The van der Waals surface area contributed by atoms with Crippen molar-refractivity contribution in [2.75, 3.05) is 6.61 Å². The second-order valence-corrected chi connectivity index (χ2v) is 3.61. The zero-order chi connectivity index (χ0) is 9.40. The quantitative estimate of drug-likeness (QED) is 0.658. The smallest absolute Gasteiger partial charge is 0.374 e. The maximum absolute atomic E-state index is 10.4. The van der Waals surface area contributed by atoms with Crippen LogP contribution in [-0.2, 0) is 4.74 Å². The summed E-state index contributed by atoms with van der Waals surface area (Å²) in [5, 5.41) is 0. The van der Waals surface area contributed by atoms with E-state index in [0.29, 0.717) is 12.5 Å². The fourth-order valence-electron chi connectivity index (χ4n) is 1.08. The van der Waals surface area contributed by atoms with Crippen LogP contribution in [0.3, 0.4) is 0 Å². The van der Waals surface area contributed by atoms with Crippen LogP contribution in [0, 0.1) is 5.92 Å². The van der Waals surface area contributed by atoms with Crippen molar-refractivity contribution in [1.82, 2.24) is 0 Å². The van der Waals surface area contributed by atoms with E-state index in [0.717, 1.165) is 12.8 Å². The second-order valence-electron chi connectivity index (χ2n) is 2.97. The molecule has 0 rings (SSSR count). The summed E-state index contributed by atoms with van der Waals surface area (Å²) in [6.07, 6.45) is 4.67. The molecule has 0 aliphatic heterocycles. The molecule has 0 spiro atoms. The van der Waals surface area contributed by atoms with Crippen molar-refractivity contribution < 1.29 is 9.53 Å². The van der Waals surface area contributed by atoms with E-state index in [2.05, 4.69) is 29.8 Å². The van der Waals surface area contributed by atoms with Crippen LogP contribution in [0.5, 0.6) is 0 Å². The van der Waals surface area contributed by atoms with Crippen LogP contribution in [0.2, 0.25) is 0 Å². The van der Waals surface area contributed by atoms with Gasteiger partial charge in [-0.05, 0) is 12.3 Å². The zero-order valence-corrected chi connectivity index (χ0v) is 9.39. The number of hydrogen-bond donors (Lipinski definition) is 0. The lowest BCUT2D eigenvalue weighted by Gasteiger charge is -2.12. The molecule has 0 N–H and O–H groups in total. The van der Waals surface area contributed by atoms with Gasteiger partial charge in [0.25, 0.3) is 0 Å². The monoisotopic (exact) mass is 236 g/mol. The van der Waals surface area contributed by atoms with Gasteiger partial charge in [0.1, 0.15) is 0 Å². The number of carbonyl (C=O) groups excluding carboxylic acids is 1. The van der Waals surface area contributed by atoms with Crippen LogP contribution in [0.4, 0.5) is 4.79 Å². The predicted octanol–water partition coefficient (Wildman–Crippen LogP) is 3.73. The van der Waals surface area contributed by atoms with E-state index >= 15 is 0 Å². The molecule has 12 heavy (non-hydrogen) atoms. The highest BCUT2D eigenvalue weighted by Gasteiger charge is 2.07. The number of unbranched alkanes of at least 4 members (excludes halogenated alkanes) is 1. The van der Waals surface area contributed by atoms with Gasteiger partial charge in [0.05, 0.1) is 6.61 Å². The molecule has 1 unspecified atom stereocenters. The van der Waals surface area contributed by atoms with Gasteiger partial charge in [-0.3, -0.25) is 0 Å². The lowest BCUT2D eigenvalue weighted by atomic mass is 10.0. The van der Waals surface area contributed by atoms with Crippen LogP contribution < -0.4 is 0 Å². The molecule has 0 aromatic heterocycles. The van der Waals surface area contributed by atoms with Crippen LogP contribution in [-0.4, -0.2) is 11.5 Å². The minimum absolute atomic E-state index is 0.350. The Morgan fingerprint density at radius 3 is 2.58 bits per heavy atom. The Hall–Kier alpha value is -0.0500. The summed E-state index contributed by atoms with van der Waals surface area (Å²) in [4.78, 5) is 10.1. The van der Waals surface area contributed by atoms with Crippen LogP contribution in [0.15, 0.2) is 0 Å². The van der Waals surface area contributed by atoms with Crippen molar-refractivity contribution >= 4 is 20.8 Å². The van der Waals surface area contributed by atoms with Crippen molar-refractivity contribution in [3.8, 4) is 0 Å². The molecule has 3 heteroatoms. The van der Waals surface area contributed by atoms with E-state index in [1.165, 1.54) is 12.8 Å². The van der Waals surface area contributed by atoms with E-state index in [1.54, 1.807) is 0 Å². The first kappa shape index (κ1) is 11.9. The Morgan fingerprint density at radius 1 is 1.50 bits per heavy atom. The number of halogens is 1. The van der Waals surface area contributed by atoms with Crippen LogP contribution in [0.1, 0.15) is 39.5 Å². The number of carbonyl (C=O) groups is 1. The minimum Gasteiger partial charge on any atom is -0.457 e. The van der Waals surface area contributed by atoms with Crippen molar-refractivity contribution in [3.63, 3.8) is 0 Å². The fourth-order valence-corrected chi connectivity index (χ4v) is 1.21. The van der Waals surface area contributed by atoms with Gasteiger partial charge in [0.2, 0.25) is 0 Å². The second kappa shape index (κ2) is 7.59. The first-order valence-corrected chi connectivity index (χ1v) is 5.32. The van der Waals surface area contributed by atoms with Crippen molar-refractivity contribution in [3.05, 3.63) is 0 Å². The molecule has 0 aromatic rings. The highest BCUT2D eigenvalue weighted by Crippen LogP contribution is 2.13. The SMILES string of the molecule is CCCCC(CC)COC(=O)Br. The lowest BCUT2D eigenvalue weighted by molar-refractivity contribution is 0.149. The summed E-state index contributed by atoms with van der Waals surface area (Å²) in [6.45, 7) is 4.85. The van der Waals surface area contributed by atoms with Gasteiger partial charge in [-0.2, -0.15) is 0 Å². The Morgan fingerprint density at radius 2 is 2.17 bits per heavy atom. The van der Waals surface area contributed by atoms with E-state index in [4.69, 9.17) is 4.74 Å². The van der Waals surface area contributed by atoms with E-state index in [1.807, 2.05) is 0 Å². The van der Waals surface area contributed by atoms with Gasteiger partial charge < -0.3 is 4.74 Å². The summed E-state index contributed by atoms with van der Waals surface area (Å²) in [6, 6.07) is 0. The van der Waals surface area contributed by atoms with E-state index < -0.39 is 0 Å². The molecule has 0 amide bonds. The van der Waals surface area contributed by atoms with Gasteiger partial charge >= 0.3 is 4.88 Å². The molecule has 0 heterocycles. The summed E-state index contributed by atoms with van der Waals surface area (Å²) in [5.74, 6) is 0.534. The summed E-state index contributed by atoms with van der Waals surface area (Å²) in [5.41, 5.74) is 0. The standard InChI is InChI=1S/C9H17BrO2/c1-3-5-6-8(4-2)7-12-9(10)11/h8H,3-7H2,1-2H3. The molecule has 0 fully saturated rings. The topological polar surface area (TPSA) is 26.3 Å². The largest absolute Gasteiger partial charge is 0.457 e. The molecule has 0 bridgehead atoms. The maximum atomic E-state index is 10.4. The van der Waals surface area contributed by atoms with Crippen LogP contribution >= 0.6 is 15.9 Å². The summed E-state index contributed by atoms with van der Waals surface area (Å²) < 4.78 is 4.87. The van der Waals surface area contributed by atoms with Gasteiger partial charge in [-0.1, -0.05) is 33.1 Å². The van der Waals surface area contributed by atoms with Crippen molar-refractivity contribution in [1.29, 1.82) is 0 Å². The molecule has 0 aliphatic carbocycles. The molecule has 0 saturated carbocycles. The Bertz CT molecular complexity index is 126. The lowest BCUT2D eigenvalue weighted by Crippen LogP contribution is -2.09.